The molecule has 1 amide bonds. The van der Waals surface area contributed by atoms with Crippen LogP contribution >= 0.6 is 0 Å². The Hall–Kier alpha value is -2.59. The molecule has 1 aliphatic carbocycles. The third-order valence-electron chi connectivity index (χ3n) is 6.90. The van der Waals surface area contributed by atoms with Crippen LogP contribution in [0.4, 0.5) is 8.78 Å². The number of halogens is 2. The van der Waals surface area contributed by atoms with Gasteiger partial charge in [0.2, 0.25) is 5.92 Å². The summed E-state index contributed by atoms with van der Waals surface area (Å²) in [6, 6.07) is 3.11. The Balaban J connectivity index is 1.42. The van der Waals surface area contributed by atoms with E-state index in [0.717, 1.165) is 13.0 Å². The quantitative estimate of drug-likeness (QED) is 0.725. The zero-order chi connectivity index (χ0) is 22.5. The first-order valence-corrected chi connectivity index (χ1v) is 11.1. The first kappa shape index (κ1) is 21.3. The van der Waals surface area contributed by atoms with E-state index >= 15 is 0 Å². The third kappa shape index (κ3) is 3.86. The highest BCUT2D eigenvalue weighted by atomic mass is 19.3. The number of ether oxygens (including phenoxy) is 1. The van der Waals surface area contributed by atoms with E-state index in [9.17, 15) is 23.5 Å². The van der Waals surface area contributed by atoms with Crippen molar-refractivity contribution in [2.45, 2.75) is 62.8 Å². The molecule has 2 N–H and O–H groups in total. The molecule has 2 unspecified atom stereocenters. The number of likely N-dealkylation sites (tertiary alicyclic amines) is 1. The monoisotopic (exact) mass is 448 g/mol. The van der Waals surface area contributed by atoms with Gasteiger partial charge in [0.05, 0.1) is 18.1 Å². The van der Waals surface area contributed by atoms with Crippen molar-refractivity contribution in [3.8, 4) is 5.75 Å². The van der Waals surface area contributed by atoms with Gasteiger partial charge in [-0.1, -0.05) is 0 Å². The topological polar surface area (TPSA) is 96.7 Å². The Labute approximate surface area is 183 Å². The molecule has 8 nitrogen and oxygen atoms in total. The second kappa shape index (κ2) is 8.08. The summed E-state index contributed by atoms with van der Waals surface area (Å²) in [7, 11) is 0. The van der Waals surface area contributed by atoms with Crippen LogP contribution in [0.5, 0.6) is 5.75 Å². The number of nitrogens with one attached hydrogen (secondary N) is 1. The Kier molecular flexibility index (Phi) is 5.37. The lowest BCUT2D eigenvalue weighted by Gasteiger charge is -2.29. The van der Waals surface area contributed by atoms with Crippen molar-refractivity contribution in [2.75, 3.05) is 19.7 Å². The number of carbonyl (C=O) groups is 1. The number of hydrogen-bond acceptors (Lipinski definition) is 6. The molecule has 2 saturated heterocycles. The smallest absolute Gasteiger partial charge is 0.268 e. The number of nitrogens with zero attached hydrogens (tertiary/aromatic N) is 3. The van der Waals surface area contributed by atoms with Gasteiger partial charge in [0.15, 0.2) is 0 Å². The molecule has 2 atom stereocenters. The molecule has 0 radical (unpaired) electrons. The summed E-state index contributed by atoms with van der Waals surface area (Å²) >= 11 is 0. The van der Waals surface area contributed by atoms with Crippen LogP contribution in [-0.4, -0.2) is 69.3 Å². The lowest BCUT2D eigenvalue weighted by molar-refractivity contribution is -0.0399. The average molecular weight is 448 g/mol. The second-order valence-corrected chi connectivity index (χ2v) is 9.00. The van der Waals surface area contributed by atoms with Crippen LogP contribution in [0.25, 0.3) is 11.0 Å². The number of alkyl halides is 2. The van der Waals surface area contributed by atoms with Crippen molar-refractivity contribution in [3.63, 3.8) is 0 Å². The number of aromatic hydroxyl groups is 1. The van der Waals surface area contributed by atoms with Gasteiger partial charge < -0.3 is 15.2 Å². The van der Waals surface area contributed by atoms with Crippen LogP contribution in [0.2, 0.25) is 0 Å². The molecule has 2 aliphatic heterocycles. The largest absolute Gasteiger partial charge is 0.506 e. The Bertz CT molecular complexity index is 1100. The van der Waals surface area contributed by atoms with Crippen molar-refractivity contribution in [1.29, 1.82) is 0 Å². The van der Waals surface area contributed by atoms with Crippen molar-refractivity contribution in [2.24, 2.45) is 0 Å². The lowest BCUT2D eigenvalue weighted by atomic mass is 9.92. The zero-order valence-corrected chi connectivity index (χ0v) is 17.6. The van der Waals surface area contributed by atoms with Gasteiger partial charge in [-0.15, -0.1) is 0 Å². The minimum absolute atomic E-state index is 0.127. The fourth-order valence-electron chi connectivity index (χ4n) is 5.10. The number of morpholine rings is 1. The molecule has 3 aliphatic rings. The summed E-state index contributed by atoms with van der Waals surface area (Å²) in [5, 5.41) is 13.7. The molecule has 0 spiro atoms. The minimum atomic E-state index is -2.72. The van der Waals surface area contributed by atoms with E-state index in [1.807, 2.05) is 0 Å². The summed E-state index contributed by atoms with van der Waals surface area (Å²) in [6.07, 6.45) is 2.39. The molecule has 0 aromatic carbocycles. The lowest BCUT2D eigenvalue weighted by Crippen LogP contribution is -2.43. The fraction of sp³-hybridized carbons (Fsp3) is 0.591. The van der Waals surface area contributed by atoms with Gasteiger partial charge in [-0.25, -0.2) is 13.8 Å². The van der Waals surface area contributed by atoms with Gasteiger partial charge in [-0.05, 0) is 31.4 Å². The molecule has 3 fully saturated rings. The van der Waals surface area contributed by atoms with E-state index in [1.165, 1.54) is 10.8 Å². The van der Waals surface area contributed by atoms with Crippen molar-refractivity contribution < 1.29 is 23.4 Å². The van der Waals surface area contributed by atoms with Crippen LogP contribution in [0, 0.1) is 0 Å². The number of rotatable bonds is 5. The highest BCUT2D eigenvalue weighted by molar-refractivity contribution is 6.01. The van der Waals surface area contributed by atoms with Crippen LogP contribution in [0.15, 0.2) is 23.1 Å². The Morgan fingerprint density at radius 3 is 2.78 bits per heavy atom. The van der Waals surface area contributed by atoms with Crippen LogP contribution < -0.4 is 10.9 Å². The molecule has 2 bridgehead atoms. The van der Waals surface area contributed by atoms with E-state index in [0.29, 0.717) is 36.8 Å². The number of hydrogen-bond donors (Lipinski definition) is 2. The number of amides is 1. The predicted molar refractivity (Wildman–Crippen MR) is 112 cm³/mol. The molecule has 1 saturated carbocycles. The normalized spacial score (nSPS) is 25.4. The van der Waals surface area contributed by atoms with E-state index < -0.39 is 29.2 Å². The standard InChI is InChI=1S/C22H26F2N4O4/c23-22(24)5-3-13(4-6-22)26-20(30)17-18(29)16-2-1-7-25-19(16)28(21(17)31)9-8-27-11-15-10-14(27)12-32-15/h1-2,7,13-15,29H,3-6,8-12H2,(H,26,30). The summed E-state index contributed by atoms with van der Waals surface area (Å²) in [6.45, 7) is 2.40. The Morgan fingerprint density at radius 1 is 1.31 bits per heavy atom. The number of carbonyl (C=O) groups excluding carboxylic acids is 1. The van der Waals surface area contributed by atoms with Gasteiger partial charge in [0.1, 0.15) is 17.0 Å². The zero-order valence-electron chi connectivity index (χ0n) is 17.6. The van der Waals surface area contributed by atoms with Gasteiger partial charge in [0.25, 0.3) is 11.5 Å². The van der Waals surface area contributed by atoms with E-state index in [-0.39, 0.29) is 37.4 Å². The molecule has 2 aromatic rings. The molecule has 2 aromatic heterocycles. The molecule has 10 heteroatoms. The minimum Gasteiger partial charge on any atom is -0.506 e. The molecular weight excluding hydrogens is 422 g/mol. The highest BCUT2D eigenvalue weighted by Crippen LogP contribution is 2.33. The maximum absolute atomic E-state index is 13.4. The molecule has 32 heavy (non-hydrogen) atoms. The summed E-state index contributed by atoms with van der Waals surface area (Å²) < 4.78 is 33.9. The fourth-order valence-corrected chi connectivity index (χ4v) is 5.10. The maximum atomic E-state index is 13.4. The highest BCUT2D eigenvalue weighted by Gasteiger charge is 2.39. The van der Waals surface area contributed by atoms with Gasteiger partial charge >= 0.3 is 0 Å². The number of aromatic nitrogens is 2. The molecule has 172 valence electrons. The van der Waals surface area contributed by atoms with Crippen molar-refractivity contribution >= 4 is 16.9 Å². The SMILES string of the molecule is O=C(NC1CCC(F)(F)CC1)c1c(O)c2cccnc2n(CCN2CC3CC2CO3)c1=O. The van der Waals surface area contributed by atoms with Gasteiger partial charge in [-0.2, -0.15) is 0 Å². The van der Waals surface area contributed by atoms with Crippen LogP contribution in [0.1, 0.15) is 42.5 Å². The maximum Gasteiger partial charge on any atom is 0.268 e. The van der Waals surface area contributed by atoms with E-state index in [2.05, 4.69) is 15.2 Å². The molecular formula is C22H26F2N4O4. The van der Waals surface area contributed by atoms with Gasteiger partial charge in [0, 0.05) is 50.8 Å². The Morgan fingerprint density at radius 2 is 2.09 bits per heavy atom. The first-order valence-electron chi connectivity index (χ1n) is 11.1. The predicted octanol–water partition coefficient (Wildman–Crippen LogP) is 1.88. The first-order chi connectivity index (χ1) is 15.3. The van der Waals surface area contributed by atoms with Crippen LogP contribution in [0.3, 0.4) is 0 Å². The van der Waals surface area contributed by atoms with Crippen LogP contribution in [-0.2, 0) is 11.3 Å². The number of fused-ring (bicyclic) bond motifs is 3. The van der Waals surface area contributed by atoms with Crippen molar-refractivity contribution in [3.05, 3.63) is 34.2 Å². The molecule has 5 rings (SSSR count). The average Bonchev–Trinajstić information content (AvgIpc) is 3.39. The summed E-state index contributed by atoms with van der Waals surface area (Å²) in [4.78, 5) is 32.8. The molecule has 4 heterocycles. The second-order valence-electron chi connectivity index (χ2n) is 9.00. The van der Waals surface area contributed by atoms with Gasteiger partial charge in [-0.3, -0.25) is 19.1 Å². The number of pyridine rings is 2. The van der Waals surface area contributed by atoms with Crippen molar-refractivity contribution in [1.82, 2.24) is 19.8 Å². The third-order valence-corrected chi connectivity index (χ3v) is 6.90. The summed E-state index contributed by atoms with van der Waals surface area (Å²) in [5.41, 5.74) is -0.688. The summed E-state index contributed by atoms with van der Waals surface area (Å²) in [5.74, 6) is -3.89. The van der Waals surface area contributed by atoms with E-state index in [4.69, 9.17) is 4.74 Å². The van der Waals surface area contributed by atoms with E-state index in [1.54, 1.807) is 12.1 Å².